The Kier molecular flexibility index (Phi) is 9.20. The van der Waals surface area contributed by atoms with Gasteiger partial charge in [-0.15, -0.1) is 0 Å². The van der Waals surface area contributed by atoms with Crippen LogP contribution in [0.1, 0.15) is 0 Å². The third kappa shape index (κ3) is 6.44. The highest BCUT2D eigenvalue weighted by molar-refractivity contribution is 6.22. The zero-order chi connectivity index (χ0) is 42.4. The Morgan fingerprint density at radius 3 is 1.48 bits per heavy atom. The average molecular weight is 816 g/mol. The lowest BCUT2D eigenvalue weighted by Gasteiger charge is -2.29. The Labute approximate surface area is 372 Å². The van der Waals surface area contributed by atoms with Gasteiger partial charge in [0.1, 0.15) is 11.2 Å². The first kappa shape index (κ1) is 37.3. The summed E-state index contributed by atoms with van der Waals surface area (Å²) in [7, 11) is 0. The molecule has 0 aliphatic carbocycles. The van der Waals surface area contributed by atoms with Gasteiger partial charge in [0.15, 0.2) is 0 Å². The minimum atomic E-state index is 0.894. The van der Waals surface area contributed by atoms with Crippen LogP contribution in [0.15, 0.2) is 253 Å². The first-order valence-corrected chi connectivity index (χ1v) is 21.9. The Morgan fingerprint density at radius 1 is 0.266 bits per heavy atom. The third-order valence-corrected chi connectivity index (χ3v) is 12.6. The molecule has 2 nitrogen and oxygen atoms in total. The van der Waals surface area contributed by atoms with Crippen molar-refractivity contribution in [3.63, 3.8) is 0 Å². The van der Waals surface area contributed by atoms with Crippen LogP contribution in [0.5, 0.6) is 0 Å². The van der Waals surface area contributed by atoms with Crippen LogP contribution in [0.3, 0.4) is 0 Å². The highest BCUT2D eigenvalue weighted by atomic mass is 16.3. The molecule has 0 unspecified atom stereocenters. The predicted molar refractivity (Wildman–Crippen MR) is 271 cm³/mol. The van der Waals surface area contributed by atoms with Crippen LogP contribution >= 0.6 is 0 Å². The van der Waals surface area contributed by atoms with Crippen molar-refractivity contribution in [3.05, 3.63) is 249 Å². The minimum absolute atomic E-state index is 0.894. The number of anilines is 3. The standard InChI is InChI=1S/C62H41NO/c1-4-19-42(20-5-1)50-29-12-14-35-58(50)63(49-28-17-26-47(40-49)51-33-18-34-56-54-31-13-15-36-59(54)64-62(51)56)48-27-16-25-45(39-48)46-37-38-53-52-30-10-11-32-55(52)60(43-21-6-2-7-22-43)61(57(53)41-46)44-23-8-3-9-24-44/h1-41H. The molecule has 0 saturated carbocycles. The number of benzene rings is 11. The molecule has 0 radical (unpaired) electrons. The molecule has 0 fully saturated rings. The molecule has 1 aromatic heterocycles. The molecule has 11 aromatic carbocycles. The predicted octanol–water partition coefficient (Wildman–Crippen LogP) is 17.7. The smallest absolute Gasteiger partial charge is 0.143 e. The number of rotatable bonds is 8. The molecule has 0 spiro atoms. The molecule has 0 bridgehead atoms. The quantitative estimate of drug-likeness (QED) is 0.142. The lowest BCUT2D eigenvalue weighted by Crippen LogP contribution is -2.11. The molecular weight excluding hydrogens is 775 g/mol. The maximum Gasteiger partial charge on any atom is 0.143 e. The van der Waals surface area contributed by atoms with Crippen LogP contribution in [0, 0.1) is 0 Å². The van der Waals surface area contributed by atoms with Gasteiger partial charge in [0.25, 0.3) is 0 Å². The molecule has 12 aromatic rings. The second-order valence-corrected chi connectivity index (χ2v) is 16.4. The molecule has 0 aliphatic rings. The van der Waals surface area contributed by atoms with Crippen LogP contribution in [0.25, 0.3) is 99.1 Å². The molecule has 0 aliphatic heterocycles. The van der Waals surface area contributed by atoms with Crippen LogP contribution in [-0.2, 0) is 0 Å². The van der Waals surface area contributed by atoms with Crippen molar-refractivity contribution in [1.82, 2.24) is 0 Å². The molecule has 300 valence electrons. The van der Waals surface area contributed by atoms with Crippen molar-refractivity contribution in [2.75, 3.05) is 4.90 Å². The van der Waals surface area contributed by atoms with E-state index in [-0.39, 0.29) is 0 Å². The number of furan rings is 1. The number of nitrogens with zero attached hydrogens (tertiary/aromatic N) is 1. The first-order valence-electron chi connectivity index (χ1n) is 21.9. The summed E-state index contributed by atoms with van der Waals surface area (Å²) in [6.07, 6.45) is 0. The fourth-order valence-electron chi connectivity index (χ4n) is 9.75. The van der Waals surface area contributed by atoms with E-state index in [1.54, 1.807) is 0 Å². The fourth-order valence-corrected chi connectivity index (χ4v) is 9.75. The highest BCUT2D eigenvalue weighted by Gasteiger charge is 2.21. The lowest BCUT2D eigenvalue weighted by atomic mass is 9.84. The maximum absolute atomic E-state index is 6.56. The van der Waals surface area contributed by atoms with Crippen molar-refractivity contribution in [2.24, 2.45) is 0 Å². The Balaban J connectivity index is 1.06. The maximum atomic E-state index is 6.56. The number of fused-ring (bicyclic) bond motifs is 6. The van der Waals surface area contributed by atoms with Gasteiger partial charge in [0.05, 0.1) is 5.69 Å². The van der Waals surface area contributed by atoms with E-state index >= 15 is 0 Å². The van der Waals surface area contributed by atoms with E-state index in [0.29, 0.717) is 0 Å². The van der Waals surface area contributed by atoms with Crippen LogP contribution < -0.4 is 4.90 Å². The lowest BCUT2D eigenvalue weighted by molar-refractivity contribution is 0.670. The number of para-hydroxylation sites is 3. The molecular formula is C62H41NO. The first-order chi connectivity index (χ1) is 31.8. The van der Waals surface area contributed by atoms with E-state index in [4.69, 9.17) is 4.42 Å². The largest absolute Gasteiger partial charge is 0.455 e. The average Bonchev–Trinajstić information content (AvgIpc) is 3.76. The van der Waals surface area contributed by atoms with Crippen molar-refractivity contribution < 1.29 is 4.42 Å². The molecule has 1 heterocycles. The molecule has 0 N–H and O–H groups in total. The summed E-state index contributed by atoms with van der Waals surface area (Å²) < 4.78 is 6.56. The van der Waals surface area contributed by atoms with E-state index in [1.165, 1.54) is 43.8 Å². The molecule has 2 heteroatoms. The summed E-state index contributed by atoms with van der Waals surface area (Å²) in [6, 6.07) is 89.7. The SMILES string of the molecule is c1ccc(-c2ccccc2N(c2cccc(-c3ccc4c(c3)c(-c3ccccc3)c(-c3ccccc3)c3ccccc34)c2)c2cccc(-c3cccc4c3oc3ccccc34)c2)cc1. The summed E-state index contributed by atoms with van der Waals surface area (Å²) in [4.78, 5) is 2.41. The van der Waals surface area contributed by atoms with Crippen LogP contribution in [0.4, 0.5) is 17.1 Å². The van der Waals surface area contributed by atoms with Gasteiger partial charge in [-0.1, -0.05) is 206 Å². The van der Waals surface area contributed by atoms with Crippen molar-refractivity contribution >= 4 is 60.5 Å². The van der Waals surface area contributed by atoms with Crippen LogP contribution in [0.2, 0.25) is 0 Å². The van der Waals surface area contributed by atoms with E-state index in [9.17, 15) is 0 Å². The van der Waals surface area contributed by atoms with E-state index < -0.39 is 0 Å². The van der Waals surface area contributed by atoms with Gasteiger partial charge in [-0.3, -0.25) is 0 Å². The van der Waals surface area contributed by atoms with E-state index in [1.807, 2.05) is 12.1 Å². The Hall–Kier alpha value is -8.46. The monoisotopic (exact) mass is 815 g/mol. The van der Waals surface area contributed by atoms with Crippen molar-refractivity contribution in [3.8, 4) is 55.6 Å². The summed E-state index contributed by atoms with van der Waals surface area (Å²) >= 11 is 0. The van der Waals surface area contributed by atoms with Crippen molar-refractivity contribution in [2.45, 2.75) is 0 Å². The second kappa shape index (κ2) is 15.8. The van der Waals surface area contributed by atoms with Gasteiger partial charge < -0.3 is 9.32 Å². The summed E-state index contributed by atoms with van der Waals surface area (Å²) in [5, 5.41) is 7.21. The molecule has 0 saturated heterocycles. The summed E-state index contributed by atoms with van der Waals surface area (Å²) in [6.45, 7) is 0. The third-order valence-electron chi connectivity index (χ3n) is 12.6. The molecule has 64 heavy (non-hydrogen) atoms. The zero-order valence-electron chi connectivity index (χ0n) is 35.0. The number of hydrogen-bond acceptors (Lipinski definition) is 2. The van der Waals surface area contributed by atoms with Gasteiger partial charge in [-0.2, -0.15) is 0 Å². The Bertz CT molecular complexity index is 3660. The van der Waals surface area contributed by atoms with Gasteiger partial charge in [-0.25, -0.2) is 0 Å². The normalized spacial score (nSPS) is 11.4. The van der Waals surface area contributed by atoms with Gasteiger partial charge in [0, 0.05) is 33.3 Å². The van der Waals surface area contributed by atoms with Gasteiger partial charge in [-0.05, 0) is 109 Å². The van der Waals surface area contributed by atoms with E-state index in [2.05, 4.69) is 241 Å². The summed E-state index contributed by atoms with van der Waals surface area (Å²) in [5.41, 5.74) is 16.6. The van der Waals surface area contributed by atoms with Crippen molar-refractivity contribution in [1.29, 1.82) is 0 Å². The van der Waals surface area contributed by atoms with E-state index in [0.717, 1.165) is 72.4 Å². The Morgan fingerprint density at radius 2 is 0.750 bits per heavy atom. The summed E-state index contributed by atoms with van der Waals surface area (Å²) in [5.74, 6) is 0. The molecule has 12 rings (SSSR count). The fraction of sp³-hybridized carbons (Fsp3) is 0. The van der Waals surface area contributed by atoms with Crippen LogP contribution in [-0.4, -0.2) is 0 Å². The van der Waals surface area contributed by atoms with Gasteiger partial charge >= 0.3 is 0 Å². The van der Waals surface area contributed by atoms with Gasteiger partial charge in [0.2, 0.25) is 0 Å². The second-order valence-electron chi connectivity index (χ2n) is 16.4. The molecule has 0 amide bonds. The number of hydrogen-bond donors (Lipinski definition) is 0. The highest BCUT2D eigenvalue weighted by Crippen LogP contribution is 2.47. The topological polar surface area (TPSA) is 16.4 Å². The zero-order valence-corrected chi connectivity index (χ0v) is 35.0. The molecule has 0 atom stereocenters. The minimum Gasteiger partial charge on any atom is -0.455 e.